The molecule has 0 unspecified atom stereocenters. The van der Waals surface area contributed by atoms with Crippen LogP contribution < -0.4 is 10.6 Å². The number of hydrogen-bond donors (Lipinski definition) is 2. The topological polar surface area (TPSA) is 63.2 Å². The average Bonchev–Trinajstić information content (AvgIpc) is 3.17. The zero-order chi connectivity index (χ0) is 24.2. The summed E-state index contributed by atoms with van der Waals surface area (Å²) < 4.78 is 0. The highest BCUT2D eigenvalue weighted by molar-refractivity contribution is 5.78. The molecule has 3 aliphatic rings. The monoisotopic (exact) mass is 464 g/mol. The number of benzene rings is 1. The SMILES string of the molecule is C=N/C(=C\C(=C/C)CN1CC2(CCC(c3ccccc3)(N(C)C)CC2)NC1=O)N1CCNCC1. The molecule has 184 valence electrons. The number of carbonyl (C=O) groups excluding carboxylic acids is 1. The van der Waals surface area contributed by atoms with E-state index in [1.54, 1.807) is 0 Å². The van der Waals surface area contributed by atoms with Gasteiger partial charge in [-0.05, 0) is 70.6 Å². The zero-order valence-electron chi connectivity index (χ0n) is 21.0. The van der Waals surface area contributed by atoms with Crippen LogP contribution in [0.1, 0.15) is 38.2 Å². The summed E-state index contributed by atoms with van der Waals surface area (Å²) in [6.07, 6.45) is 8.18. The maximum atomic E-state index is 13.0. The predicted octanol–water partition coefficient (Wildman–Crippen LogP) is 3.18. The molecule has 0 atom stereocenters. The minimum atomic E-state index is -0.147. The standard InChI is InChI=1S/C27H40N6O/c1-5-22(19-24(28-2)32-17-15-29-16-18-32)20-33-21-26(30-25(33)34)11-13-27(14-12-26,31(3)4)23-9-7-6-8-10-23/h5-10,19,29H,2,11-18,20-21H2,1,3-4H3,(H,30,34)/b22-5+,24-19+. The molecule has 2 aliphatic heterocycles. The van der Waals surface area contributed by atoms with E-state index >= 15 is 0 Å². The van der Waals surface area contributed by atoms with Gasteiger partial charge in [-0.2, -0.15) is 0 Å². The van der Waals surface area contributed by atoms with Gasteiger partial charge in [0.25, 0.3) is 0 Å². The zero-order valence-corrected chi connectivity index (χ0v) is 21.0. The molecular weight excluding hydrogens is 424 g/mol. The van der Waals surface area contributed by atoms with Crippen LogP contribution >= 0.6 is 0 Å². The van der Waals surface area contributed by atoms with Crippen molar-refractivity contribution in [2.75, 3.05) is 53.4 Å². The summed E-state index contributed by atoms with van der Waals surface area (Å²) in [5.41, 5.74) is 2.34. The molecule has 3 fully saturated rings. The van der Waals surface area contributed by atoms with Gasteiger partial charge in [-0.1, -0.05) is 36.4 Å². The number of aliphatic imine (C=N–C) groups is 1. The minimum absolute atomic E-state index is 0.0235. The number of hydrogen-bond acceptors (Lipinski definition) is 5. The third-order valence-corrected chi connectivity index (χ3v) is 8.02. The van der Waals surface area contributed by atoms with Crippen LogP contribution in [0.5, 0.6) is 0 Å². The number of piperazine rings is 1. The Bertz CT molecular complexity index is 924. The molecular formula is C27H40N6O. The van der Waals surface area contributed by atoms with Gasteiger partial charge in [0.15, 0.2) is 0 Å². The third kappa shape index (κ3) is 4.91. The summed E-state index contributed by atoms with van der Waals surface area (Å²) >= 11 is 0. The molecule has 1 aliphatic carbocycles. The maximum absolute atomic E-state index is 13.0. The summed E-state index contributed by atoms with van der Waals surface area (Å²) in [4.78, 5) is 23.9. The second-order valence-electron chi connectivity index (χ2n) is 10.1. The smallest absolute Gasteiger partial charge is 0.318 e. The van der Waals surface area contributed by atoms with Crippen LogP contribution in [-0.4, -0.2) is 86.4 Å². The van der Waals surface area contributed by atoms with Crippen molar-refractivity contribution in [3.05, 3.63) is 59.4 Å². The van der Waals surface area contributed by atoms with Gasteiger partial charge in [-0.25, -0.2) is 9.79 Å². The van der Waals surface area contributed by atoms with Crippen molar-refractivity contribution in [2.45, 2.75) is 43.7 Å². The lowest BCUT2D eigenvalue weighted by Crippen LogP contribution is -2.54. The van der Waals surface area contributed by atoms with Crippen LogP contribution in [0.4, 0.5) is 4.79 Å². The molecule has 7 heteroatoms. The lowest BCUT2D eigenvalue weighted by Gasteiger charge is -2.48. The van der Waals surface area contributed by atoms with E-state index in [0.29, 0.717) is 6.54 Å². The van der Waals surface area contributed by atoms with Gasteiger partial charge in [-0.3, -0.25) is 4.90 Å². The lowest BCUT2D eigenvalue weighted by atomic mass is 9.69. The van der Waals surface area contributed by atoms with Crippen LogP contribution in [0.3, 0.4) is 0 Å². The van der Waals surface area contributed by atoms with E-state index in [1.807, 2.05) is 11.8 Å². The molecule has 2 saturated heterocycles. The van der Waals surface area contributed by atoms with Crippen molar-refractivity contribution in [1.29, 1.82) is 0 Å². The van der Waals surface area contributed by atoms with E-state index < -0.39 is 0 Å². The molecule has 2 amide bonds. The molecule has 2 N–H and O–H groups in total. The average molecular weight is 465 g/mol. The Morgan fingerprint density at radius 2 is 1.82 bits per heavy atom. The lowest BCUT2D eigenvalue weighted by molar-refractivity contribution is 0.0623. The fourth-order valence-corrected chi connectivity index (χ4v) is 5.82. The summed E-state index contributed by atoms with van der Waals surface area (Å²) in [5.74, 6) is 0.889. The first-order valence-electron chi connectivity index (χ1n) is 12.5. The van der Waals surface area contributed by atoms with Crippen LogP contribution in [0.2, 0.25) is 0 Å². The molecule has 1 aromatic carbocycles. The number of rotatable bonds is 7. The van der Waals surface area contributed by atoms with Crippen molar-refractivity contribution in [2.24, 2.45) is 4.99 Å². The van der Waals surface area contributed by atoms with Crippen LogP contribution in [-0.2, 0) is 5.54 Å². The van der Waals surface area contributed by atoms with Crippen molar-refractivity contribution in [3.63, 3.8) is 0 Å². The number of nitrogens with zero attached hydrogens (tertiary/aromatic N) is 4. The normalized spacial score (nSPS) is 28.5. The number of amides is 2. The van der Waals surface area contributed by atoms with E-state index in [2.05, 4.69) is 88.7 Å². The Morgan fingerprint density at radius 3 is 2.41 bits per heavy atom. The van der Waals surface area contributed by atoms with Gasteiger partial charge in [0.1, 0.15) is 5.82 Å². The molecule has 2 heterocycles. The summed E-state index contributed by atoms with van der Waals surface area (Å²) in [6, 6.07) is 10.9. The van der Waals surface area contributed by atoms with Crippen molar-refractivity contribution in [3.8, 4) is 0 Å². The molecule has 4 rings (SSSR count). The highest BCUT2D eigenvalue weighted by atomic mass is 16.2. The molecule has 0 radical (unpaired) electrons. The van der Waals surface area contributed by atoms with Crippen molar-refractivity contribution in [1.82, 2.24) is 25.3 Å². The van der Waals surface area contributed by atoms with Gasteiger partial charge in [0.05, 0.1) is 5.54 Å². The molecule has 0 bridgehead atoms. The van der Waals surface area contributed by atoms with Crippen molar-refractivity contribution < 1.29 is 4.79 Å². The van der Waals surface area contributed by atoms with E-state index in [9.17, 15) is 4.79 Å². The maximum Gasteiger partial charge on any atom is 0.318 e. The first kappa shape index (κ1) is 24.5. The predicted molar refractivity (Wildman–Crippen MR) is 139 cm³/mol. The van der Waals surface area contributed by atoms with Gasteiger partial charge >= 0.3 is 6.03 Å². The number of urea groups is 1. The van der Waals surface area contributed by atoms with E-state index in [4.69, 9.17) is 0 Å². The first-order chi connectivity index (χ1) is 16.4. The van der Waals surface area contributed by atoms with Gasteiger partial charge in [0, 0.05) is 44.8 Å². The van der Waals surface area contributed by atoms with Crippen molar-refractivity contribution >= 4 is 12.7 Å². The fraction of sp³-hybridized carbons (Fsp3) is 0.556. The van der Waals surface area contributed by atoms with Crippen LogP contribution in [0.15, 0.2) is 58.9 Å². The van der Waals surface area contributed by atoms with Gasteiger partial charge in [-0.15, -0.1) is 0 Å². The van der Waals surface area contributed by atoms with Gasteiger partial charge < -0.3 is 20.4 Å². The van der Waals surface area contributed by atoms with E-state index in [-0.39, 0.29) is 17.1 Å². The molecule has 1 saturated carbocycles. The highest BCUT2D eigenvalue weighted by Crippen LogP contribution is 2.46. The Labute approximate surface area is 204 Å². The molecule has 7 nitrogen and oxygen atoms in total. The second kappa shape index (κ2) is 10.3. The summed E-state index contributed by atoms with van der Waals surface area (Å²) in [6.45, 7) is 10.9. The minimum Gasteiger partial charge on any atom is -0.354 e. The van der Waals surface area contributed by atoms with Crippen LogP contribution in [0, 0.1) is 0 Å². The summed E-state index contributed by atoms with van der Waals surface area (Å²) in [7, 11) is 4.36. The Morgan fingerprint density at radius 1 is 1.15 bits per heavy atom. The first-order valence-corrected chi connectivity index (χ1v) is 12.5. The van der Waals surface area contributed by atoms with Crippen LogP contribution in [0.25, 0.3) is 0 Å². The van der Waals surface area contributed by atoms with E-state index in [1.165, 1.54) is 5.56 Å². The van der Waals surface area contributed by atoms with E-state index in [0.717, 1.165) is 69.8 Å². The number of nitrogens with one attached hydrogen (secondary N) is 2. The fourth-order valence-electron chi connectivity index (χ4n) is 5.82. The molecule has 34 heavy (non-hydrogen) atoms. The molecule has 0 aromatic heterocycles. The third-order valence-electron chi connectivity index (χ3n) is 8.02. The number of carbonyl (C=O) groups is 1. The Kier molecular flexibility index (Phi) is 7.43. The quantitative estimate of drug-likeness (QED) is 0.481. The number of allylic oxidation sites excluding steroid dienone is 1. The Balaban J connectivity index is 1.44. The highest BCUT2D eigenvalue weighted by Gasteiger charge is 2.49. The summed E-state index contributed by atoms with van der Waals surface area (Å²) in [5, 5.41) is 6.75. The molecule has 1 aromatic rings. The second-order valence-corrected chi connectivity index (χ2v) is 10.1. The molecule has 1 spiro atoms. The Hall–Kier alpha value is -2.64. The largest absolute Gasteiger partial charge is 0.354 e. The van der Waals surface area contributed by atoms with Gasteiger partial charge in [0.2, 0.25) is 0 Å².